The Kier molecular flexibility index (Phi) is 7.59. The minimum atomic E-state index is -0.699. The molecule has 2 atom stereocenters. The molecule has 2 rings (SSSR count). The van der Waals surface area contributed by atoms with Crippen LogP contribution in [0, 0.1) is 0 Å². The second-order valence-corrected chi connectivity index (χ2v) is 6.07. The number of aliphatic hydroxyl groups is 2. The van der Waals surface area contributed by atoms with Gasteiger partial charge in [-0.05, 0) is 30.7 Å². The van der Waals surface area contributed by atoms with Crippen LogP contribution in [0.3, 0.4) is 0 Å². The quantitative estimate of drug-likeness (QED) is 0.548. The lowest BCUT2D eigenvalue weighted by molar-refractivity contribution is -0.668. The summed E-state index contributed by atoms with van der Waals surface area (Å²) in [6.45, 7) is 2.43. The highest BCUT2D eigenvalue weighted by molar-refractivity contribution is 5.94. The molecular formula is C20H26NO5+. The minimum absolute atomic E-state index is 0.0542. The molecule has 2 aromatic carbocycles. The van der Waals surface area contributed by atoms with Gasteiger partial charge >= 0.3 is 0 Å². The maximum absolute atomic E-state index is 11.4. The van der Waals surface area contributed by atoms with Crippen molar-refractivity contribution in [2.24, 2.45) is 0 Å². The zero-order valence-electron chi connectivity index (χ0n) is 15.1. The first-order valence-electron chi connectivity index (χ1n) is 8.55. The van der Waals surface area contributed by atoms with E-state index in [1.165, 1.54) is 14.0 Å². The van der Waals surface area contributed by atoms with Gasteiger partial charge in [0.2, 0.25) is 0 Å². The zero-order valence-corrected chi connectivity index (χ0v) is 15.1. The predicted octanol–water partition coefficient (Wildman–Crippen LogP) is 0.934. The third-order valence-electron chi connectivity index (χ3n) is 4.01. The highest BCUT2D eigenvalue weighted by atomic mass is 16.5. The average Bonchev–Trinajstić information content (AvgIpc) is 2.66. The van der Waals surface area contributed by atoms with Gasteiger partial charge < -0.3 is 25.0 Å². The van der Waals surface area contributed by atoms with E-state index in [1.54, 1.807) is 18.2 Å². The first kappa shape index (κ1) is 19.9. The van der Waals surface area contributed by atoms with E-state index >= 15 is 0 Å². The molecular weight excluding hydrogens is 334 g/mol. The number of benzene rings is 2. The number of rotatable bonds is 10. The van der Waals surface area contributed by atoms with Crippen LogP contribution in [0.15, 0.2) is 48.5 Å². The van der Waals surface area contributed by atoms with Gasteiger partial charge in [0.15, 0.2) is 17.3 Å². The largest absolute Gasteiger partial charge is 0.493 e. The molecule has 0 aliphatic carbocycles. The molecule has 6 nitrogen and oxygen atoms in total. The van der Waals surface area contributed by atoms with Gasteiger partial charge in [-0.1, -0.05) is 30.3 Å². The molecule has 0 spiro atoms. The van der Waals surface area contributed by atoms with Crippen LogP contribution >= 0.6 is 0 Å². The first-order chi connectivity index (χ1) is 12.5. The van der Waals surface area contributed by atoms with Crippen molar-refractivity contribution in [3.05, 3.63) is 59.7 Å². The number of Topliss-reactive ketones (excluding diaryl/α,β-unsaturated/α-hetero) is 1. The lowest BCUT2D eigenvalue weighted by Crippen LogP contribution is -2.87. The Morgan fingerprint density at radius 3 is 2.46 bits per heavy atom. The van der Waals surface area contributed by atoms with Crippen LogP contribution in [-0.2, 0) is 0 Å². The third kappa shape index (κ3) is 5.84. The molecule has 140 valence electrons. The smallest absolute Gasteiger partial charge is 0.161 e. The van der Waals surface area contributed by atoms with E-state index in [0.29, 0.717) is 30.2 Å². The summed E-state index contributed by atoms with van der Waals surface area (Å²) in [6.07, 6.45) is -1.28. The molecule has 0 saturated heterocycles. The van der Waals surface area contributed by atoms with E-state index in [4.69, 9.17) is 9.47 Å². The predicted molar refractivity (Wildman–Crippen MR) is 97.6 cm³/mol. The molecule has 6 heteroatoms. The van der Waals surface area contributed by atoms with Crippen LogP contribution in [-0.4, -0.2) is 48.9 Å². The van der Waals surface area contributed by atoms with Crippen molar-refractivity contribution < 1.29 is 29.8 Å². The van der Waals surface area contributed by atoms with E-state index < -0.39 is 12.2 Å². The second kappa shape index (κ2) is 9.91. The van der Waals surface area contributed by atoms with Crippen LogP contribution < -0.4 is 14.8 Å². The van der Waals surface area contributed by atoms with E-state index in [0.717, 1.165) is 5.56 Å². The molecule has 0 aliphatic heterocycles. The van der Waals surface area contributed by atoms with Crippen molar-refractivity contribution >= 4 is 5.78 Å². The van der Waals surface area contributed by atoms with Crippen LogP contribution in [0.2, 0.25) is 0 Å². The lowest BCUT2D eigenvalue weighted by Gasteiger charge is -2.15. The van der Waals surface area contributed by atoms with E-state index in [9.17, 15) is 15.0 Å². The Labute approximate surface area is 153 Å². The summed E-state index contributed by atoms with van der Waals surface area (Å²) in [4.78, 5) is 11.4. The summed E-state index contributed by atoms with van der Waals surface area (Å²) in [5, 5.41) is 22.0. The summed E-state index contributed by atoms with van der Waals surface area (Å²) in [7, 11) is 1.50. The van der Waals surface area contributed by atoms with Gasteiger partial charge in [0.05, 0.1) is 7.11 Å². The molecule has 26 heavy (non-hydrogen) atoms. The fraction of sp³-hybridized carbons (Fsp3) is 0.350. The van der Waals surface area contributed by atoms with E-state index in [-0.39, 0.29) is 12.4 Å². The zero-order chi connectivity index (χ0) is 18.9. The van der Waals surface area contributed by atoms with Crippen molar-refractivity contribution in [2.45, 2.75) is 19.1 Å². The van der Waals surface area contributed by atoms with Crippen LogP contribution in [0.25, 0.3) is 0 Å². The maximum atomic E-state index is 11.4. The molecule has 0 unspecified atom stereocenters. The van der Waals surface area contributed by atoms with Gasteiger partial charge in [0.25, 0.3) is 0 Å². The summed E-state index contributed by atoms with van der Waals surface area (Å²) in [5.74, 6) is 0.871. The Hall–Kier alpha value is -2.41. The summed E-state index contributed by atoms with van der Waals surface area (Å²) < 4.78 is 10.8. The minimum Gasteiger partial charge on any atom is -0.493 e. The van der Waals surface area contributed by atoms with Gasteiger partial charge in [-0.25, -0.2) is 0 Å². The molecule has 0 amide bonds. The highest BCUT2D eigenvalue weighted by Crippen LogP contribution is 2.28. The topological polar surface area (TPSA) is 92.6 Å². The van der Waals surface area contributed by atoms with Gasteiger partial charge in [-0.15, -0.1) is 0 Å². The maximum Gasteiger partial charge on any atom is 0.161 e. The normalized spacial score (nSPS) is 13.1. The molecule has 0 radical (unpaired) electrons. The molecule has 4 N–H and O–H groups in total. The molecule has 0 aliphatic rings. The standard InChI is InChI=1S/C20H25NO5/c1-14(22)16-8-9-19(20(10-16)25-2)26-13-17(23)11-21-12-18(24)15-6-4-3-5-7-15/h3-10,17-18,21,23-24H,11-13H2,1-2H3/p+1/t17-,18-/m1/s1. The van der Waals surface area contributed by atoms with E-state index in [1.807, 2.05) is 35.6 Å². The van der Waals surface area contributed by atoms with Crippen LogP contribution in [0.4, 0.5) is 0 Å². The monoisotopic (exact) mass is 360 g/mol. The number of ketones is 1. The fourth-order valence-electron chi connectivity index (χ4n) is 2.52. The fourth-order valence-corrected chi connectivity index (χ4v) is 2.52. The van der Waals surface area contributed by atoms with Gasteiger partial charge in [-0.3, -0.25) is 4.79 Å². The average molecular weight is 360 g/mol. The number of aliphatic hydroxyl groups excluding tert-OH is 2. The van der Waals surface area contributed by atoms with Crippen molar-refractivity contribution in [1.29, 1.82) is 0 Å². The number of methoxy groups -OCH3 is 1. The number of ether oxygens (including phenoxy) is 2. The molecule has 2 aromatic rings. The van der Waals surface area contributed by atoms with Gasteiger partial charge in [0.1, 0.15) is 31.9 Å². The number of hydrogen-bond acceptors (Lipinski definition) is 5. The Balaban J connectivity index is 1.78. The SMILES string of the molecule is COc1cc(C(C)=O)ccc1OC[C@H](O)C[NH2+]C[C@@H](O)c1ccccc1. The highest BCUT2D eigenvalue weighted by Gasteiger charge is 2.14. The molecule has 0 saturated carbocycles. The van der Waals surface area contributed by atoms with Crippen molar-refractivity contribution in [2.75, 3.05) is 26.8 Å². The van der Waals surface area contributed by atoms with Crippen molar-refractivity contribution in [3.63, 3.8) is 0 Å². The van der Waals surface area contributed by atoms with Crippen molar-refractivity contribution in [3.8, 4) is 11.5 Å². The number of carbonyl (C=O) groups excluding carboxylic acids is 1. The molecule has 0 aromatic heterocycles. The number of carbonyl (C=O) groups is 1. The van der Waals surface area contributed by atoms with Gasteiger partial charge in [-0.2, -0.15) is 0 Å². The van der Waals surface area contributed by atoms with Crippen molar-refractivity contribution in [1.82, 2.24) is 0 Å². The number of quaternary nitrogens is 1. The van der Waals surface area contributed by atoms with Crippen LogP contribution in [0.1, 0.15) is 28.9 Å². The number of hydrogen-bond donors (Lipinski definition) is 3. The lowest BCUT2D eigenvalue weighted by atomic mass is 10.1. The summed E-state index contributed by atoms with van der Waals surface area (Å²) in [5.41, 5.74) is 1.39. The molecule has 0 fully saturated rings. The molecule has 0 heterocycles. The Bertz CT molecular complexity index is 705. The van der Waals surface area contributed by atoms with Crippen LogP contribution in [0.5, 0.6) is 11.5 Å². The summed E-state index contributed by atoms with van der Waals surface area (Å²) in [6, 6.07) is 14.3. The summed E-state index contributed by atoms with van der Waals surface area (Å²) >= 11 is 0. The first-order valence-corrected chi connectivity index (χ1v) is 8.55. The number of nitrogens with two attached hydrogens (primary N) is 1. The Morgan fingerprint density at radius 2 is 1.81 bits per heavy atom. The van der Waals surface area contributed by atoms with E-state index in [2.05, 4.69) is 0 Å². The second-order valence-electron chi connectivity index (χ2n) is 6.07. The Morgan fingerprint density at radius 1 is 1.08 bits per heavy atom. The third-order valence-corrected chi connectivity index (χ3v) is 4.01. The van der Waals surface area contributed by atoms with Gasteiger partial charge in [0, 0.05) is 5.56 Å². The molecule has 0 bridgehead atoms.